The molecule has 0 atom stereocenters. The van der Waals surface area contributed by atoms with Gasteiger partial charge in [0.1, 0.15) is 0 Å². The van der Waals surface area contributed by atoms with Crippen LogP contribution in [0.1, 0.15) is 25.3 Å². The maximum absolute atomic E-state index is 7.98. The largest absolute Gasteiger partial charge is 0.388 e. The van der Waals surface area contributed by atoms with Crippen molar-refractivity contribution in [3.63, 3.8) is 0 Å². The van der Waals surface area contributed by atoms with Gasteiger partial charge < -0.3 is 10.2 Å². The second kappa shape index (κ2) is 5.00. The fourth-order valence-electron chi connectivity index (χ4n) is 2.06. The molecular formula is C13H19N3S. The van der Waals surface area contributed by atoms with Gasteiger partial charge in [0.15, 0.2) is 5.17 Å². The van der Waals surface area contributed by atoms with E-state index in [1.807, 2.05) is 7.05 Å². The van der Waals surface area contributed by atoms with Crippen molar-refractivity contribution in [2.24, 2.45) is 0 Å². The van der Waals surface area contributed by atoms with Crippen LogP contribution in [0.15, 0.2) is 18.2 Å². The Morgan fingerprint density at radius 1 is 1.41 bits per heavy atom. The van der Waals surface area contributed by atoms with Crippen molar-refractivity contribution >= 4 is 28.3 Å². The van der Waals surface area contributed by atoms with Crippen LogP contribution in [-0.2, 0) is 0 Å². The number of hydrogen-bond donors (Lipinski definition) is 2. The first kappa shape index (κ1) is 12.3. The van der Waals surface area contributed by atoms with E-state index >= 15 is 0 Å². The zero-order valence-electron chi connectivity index (χ0n) is 10.6. The lowest BCUT2D eigenvalue weighted by atomic mass is 10.00. The van der Waals surface area contributed by atoms with E-state index in [0.717, 1.165) is 18.0 Å². The van der Waals surface area contributed by atoms with E-state index in [-0.39, 0.29) is 0 Å². The SMILES string of the molecule is CNc1ccc(C(C)C)c(N2CCSC2=N)c1. The highest BCUT2D eigenvalue weighted by molar-refractivity contribution is 8.14. The van der Waals surface area contributed by atoms with E-state index in [2.05, 4.69) is 42.3 Å². The Labute approximate surface area is 107 Å². The van der Waals surface area contributed by atoms with Crippen LogP contribution < -0.4 is 10.2 Å². The predicted octanol–water partition coefficient (Wildman–Crippen LogP) is 3.34. The molecule has 1 aliphatic rings. The number of hydrogen-bond acceptors (Lipinski definition) is 3. The molecule has 92 valence electrons. The summed E-state index contributed by atoms with van der Waals surface area (Å²) in [6.07, 6.45) is 0. The van der Waals surface area contributed by atoms with Crippen LogP contribution in [0.2, 0.25) is 0 Å². The predicted molar refractivity (Wildman–Crippen MR) is 77.6 cm³/mol. The molecule has 0 spiro atoms. The summed E-state index contributed by atoms with van der Waals surface area (Å²) in [4.78, 5) is 2.11. The van der Waals surface area contributed by atoms with Crippen molar-refractivity contribution in [2.45, 2.75) is 19.8 Å². The molecule has 0 aliphatic carbocycles. The molecule has 0 saturated carbocycles. The molecule has 1 aromatic rings. The number of nitrogens with one attached hydrogen (secondary N) is 2. The van der Waals surface area contributed by atoms with Gasteiger partial charge >= 0.3 is 0 Å². The molecular weight excluding hydrogens is 230 g/mol. The highest BCUT2D eigenvalue weighted by Crippen LogP contribution is 2.34. The summed E-state index contributed by atoms with van der Waals surface area (Å²) in [5.74, 6) is 1.49. The van der Waals surface area contributed by atoms with Gasteiger partial charge in [-0.2, -0.15) is 0 Å². The summed E-state index contributed by atoms with van der Waals surface area (Å²) in [5.41, 5.74) is 3.60. The summed E-state index contributed by atoms with van der Waals surface area (Å²) >= 11 is 1.62. The van der Waals surface area contributed by atoms with Crippen molar-refractivity contribution in [1.29, 1.82) is 5.41 Å². The third kappa shape index (κ3) is 2.41. The van der Waals surface area contributed by atoms with E-state index in [1.165, 1.54) is 11.3 Å². The summed E-state index contributed by atoms with van der Waals surface area (Å²) < 4.78 is 0. The topological polar surface area (TPSA) is 39.1 Å². The number of nitrogens with zero attached hydrogens (tertiary/aromatic N) is 1. The average molecular weight is 249 g/mol. The molecule has 3 nitrogen and oxygen atoms in total. The van der Waals surface area contributed by atoms with Gasteiger partial charge in [-0.15, -0.1) is 0 Å². The van der Waals surface area contributed by atoms with Crippen molar-refractivity contribution in [2.75, 3.05) is 29.6 Å². The molecule has 0 radical (unpaired) electrons. The Hall–Kier alpha value is -1.16. The van der Waals surface area contributed by atoms with Crippen LogP contribution in [0.25, 0.3) is 0 Å². The minimum Gasteiger partial charge on any atom is -0.388 e. The Morgan fingerprint density at radius 2 is 2.18 bits per heavy atom. The van der Waals surface area contributed by atoms with E-state index in [9.17, 15) is 0 Å². The number of benzene rings is 1. The van der Waals surface area contributed by atoms with Crippen LogP contribution in [0.4, 0.5) is 11.4 Å². The van der Waals surface area contributed by atoms with Gasteiger partial charge in [-0.3, -0.25) is 5.41 Å². The van der Waals surface area contributed by atoms with E-state index in [0.29, 0.717) is 11.1 Å². The van der Waals surface area contributed by atoms with Gasteiger partial charge in [0.05, 0.1) is 0 Å². The first-order valence-electron chi connectivity index (χ1n) is 5.94. The van der Waals surface area contributed by atoms with Gasteiger partial charge in [-0.1, -0.05) is 31.7 Å². The normalized spacial score (nSPS) is 15.8. The smallest absolute Gasteiger partial charge is 0.160 e. The van der Waals surface area contributed by atoms with Crippen LogP contribution in [0.3, 0.4) is 0 Å². The minimum absolute atomic E-state index is 0.481. The Morgan fingerprint density at radius 3 is 2.71 bits per heavy atom. The first-order valence-corrected chi connectivity index (χ1v) is 6.92. The summed E-state index contributed by atoms with van der Waals surface area (Å²) in [5, 5.41) is 11.8. The van der Waals surface area contributed by atoms with E-state index < -0.39 is 0 Å². The Balaban J connectivity index is 2.44. The lowest BCUT2D eigenvalue weighted by Crippen LogP contribution is -2.24. The average Bonchev–Trinajstić information content (AvgIpc) is 2.74. The maximum atomic E-state index is 7.98. The number of anilines is 2. The first-order chi connectivity index (χ1) is 8.13. The summed E-state index contributed by atoms with van der Waals surface area (Å²) in [6.45, 7) is 5.34. The summed E-state index contributed by atoms with van der Waals surface area (Å²) in [7, 11) is 1.93. The van der Waals surface area contributed by atoms with Crippen LogP contribution in [-0.4, -0.2) is 24.5 Å². The molecule has 4 heteroatoms. The van der Waals surface area contributed by atoms with Crippen LogP contribution in [0.5, 0.6) is 0 Å². The molecule has 0 aromatic heterocycles. The molecule has 2 N–H and O–H groups in total. The van der Waals surface area contributed by atoms with Crippen molar-refractivity contribution in [3.8, 4) is 0 Å². The number of rotatable bonds is 3. The minimum atomic E-state index is 0.481. The molecule has 0 unspecified atom stereocenters. The zero-order valence-corrected chi connectivity index (χ0v) is 11.4. The fourth-order valence-corrected chi connectivity index (χ4v) is 2.88. The number of thioether (sulfide) groups is 1. The number of amidine groups is 1. The monoisotopic (exact) mass is 249 g/mol. The Bertz CT molecular complexity index is 429. The maximum Gasteiger partial charge on any atom is 0.160 e. The van der Waals surface area contributed by atoms with Gasteiger partial charge in [-0.05, 0) is 23.6 Å². The van der Waals surface area contributed by atoms with Gasteiger partial charge in [0.2, 0.25) is 0 Å². The van der Waals surface area contributed by atoms with E-state index in [1.54, 1.807) is 11.8 Å². The molecule has 0 amide bonds. The second-order valence-electron chi connectivity index (χ2n) is 4.48. The quantitative estimate of drug-likeness (QED) is 0.863. The van der Waals surface area contributed by atoms with Gasteiger partial charge in [-0.25, -0.2) is 0 Å². The standard InChI is InChI=1S/C13H19N3S/c1-9(2)11-5-4-10(15-3)8-12(11)16-6-7-17-13(16)14/h4-5,8-9,14-15H,6-7H2,1-3H3. The molecule has 1 aromatic carbocycles. The lowest BCUT2D eigenvalue weighted by Gasteiger charge is -2.23. The van der Waals surface area contributed by atoms with Crippen molar-refractivity contribution in [3.05, 3.63) is 23.8 Å². The lowest BCUT2D eigenvalue weighted by molar-refractivity contribution is 0.860. The second-order valence-corrected chi connectivity index (χ2v) is 5.57. The summed E-state index contributed by atoms with van der Waals surface area (Å²) in [6, 6.07) is 6.42. The molecule has 0 bridgehead atoms. The van der Waals surface area contributed by atoms with Gasteiger partial charge in [0.25, 0.3) is 0 Å². The van der Waals surface area contributed by atoms with E-state index in [4.69, 9.17) is 5.41 Å². The molecule has 1 saturated heterocycles. The van der Waals surface area contributed by atoms with Crippen molar-refractivity contribution in [1.82, 2.24) is 0 Å². The Kier molecular flexibility index (Phi) is 3.62. The molecule has 1 heterocycles. The van der Waals surface area contributed by atoms with Crippen LogP contribution in [0, 0.1) is 5.41 Å². The fraction of sp³-hybridized carbons (Fsp3) is 0.462. The highest BCUT2D eigenvalue weighted by Gasteiger charge is 2.22. The molecule has 1 fully saturated rings. The van der Waals surface area contributed by atoms with Gasteiger partial charge in [0, 0.05) is 30.7 Å². The highest BCUT2D eigenvalue weighted by atomic mass is 32.2. The van der Waals surface area contributed by atoms with Crippen LogP contribution >= 0.6 is 11.8 Å². The molecule has 2 rings (SSSR count). The molecule has 1 aliphatic heterocycles. The van der Waals surface area contributed by atoms with Crippen molar-refractivity contribution < 1.29 is 0 Å². The third-order valence-electron chi connectivity index (χ3n) is 3.03. The molecule has 17 heavy (non-hydrogen) atoms. The zero-order chi connectivity index (χ0) is 12.4. The third-order valence-corrected chi connectivity index (χ3v) is 3.91.